The Kier molecular flexibility index (Phi) is 2.77. The summed E-state index contributed by atoms with van der Waals surface area (Å²) in [4.78, 5) is 21.1. The number of nitrogens with zero attached hydrogens (tertiary/aromatic N) is 2. The number of hydrogen-bond acceptors (Lipinski definition) is 4. The van der Waals surface area contributed by atoms with E-state index in [4.69, 9.17) is 4.74 Å². The van der Waals surface area contributed by atoms with E-state index in [-0.39, 0.29) is 11.4 Å². The first-order valence-electron chi connectivity index (χ1n) is 4.07. The fourth-order valence-corrected chi connectivity index (χ4v) is 1.32. The van der Waals surface area contributed by atoms with Crippen LogP contribution in [0.3, 0.4) is 0 Å². The molecule has 1 N–H and O–H groups in total. The van der Waals surface area contributed by atoms with Crippen LogP contribution in [0, 0.1) is 0 Å². The van der Waals surface area contributed by atoms with Gasteiger partial charge in [0.2, 0.25) is 5.88 Å². The molecule has 15 heavy (non-hydrogen) atoms. The average Bonchev–Trinajstić information content (AvgIpc) is 2.17. The van der Waals surface area contributed by atoms with Crippen LogP contribution >= 0.6 is 15.9 Å². The molecule has 0 saturated heterocycles. The van der Waals surface area contributed by atoms with E-state index in [1.807, 2.05) is 0 Å². The van der Waals surface area contributed by atoms with Gasteiger partial charge in [0.1, 0.15) is 5.75 Å². The van der Waals surface area contributed by atoms with Crippen LogP contribution in [-0.2, 0) is 0 Å². The summed E-state index contributed by atoms with van der Waals surface area (Å²) in [6, 6.07) is 3.00. The smallest absolute Gasteiger partial charge is 0.254 e. The standard InChI is InChI=1S/C9H6BrN3O2/c10-6-1-7(4-11-3-6)15-9-2-8(14)12-5-13-9/h1-5H,(H,12,13,14). The second-order valence-corrected chi connectivity index (χ2v) is 3.61. The Morgan fingerprint density at radius 3 is 2.93 bits per heavy atom. The molecular weight excluding hydrogens is 262 g/mol. The first-order valence-corrected chi connectivity index (χ1v) is 4.86. The molecule has 6 heteroatoms. The Hall–Kier alpha value is -1.69. The second-order valence-electron chi connectivity index (χ2n) is 2.69. The summed E-state index contributed by atoms with van der Waals surface area (Å²) in [6.45, 7) is 0. The summed E-state index contributed by atoms with van der Waals surface area (Å²) >= 11 is 3.26. The third kappa shape index (κ3) is 2.63. The molecule has 0 aliphatic carbocycles. The fourth-order valence-electron chi connectivity index (χ4n) is 0.975. The number of H-pyrrole nitrogens is 1. The van der Waals surface area contributed by atoms with Gasteiger partial charge in [0.05, 0.1) is 18.6 Å². The van der Waals surface area contributed by atoms with Crippen molar-refractivity contribution in [2.45, 2.75) is 0 Å². The summed E-state index contributed by atoms with van der Waals surface area (Å²) < 4.78 is 6.11. The summed E-state index contributed by atoms with van der Waals surface area (Å²) in [6.07, 6.45) is 4.45. The highest BCUT2D eigenvalue weighted by Crippen LogP contribution is 2.20. The summed E-state index contributed by atoms with van der Waals surface area (Å²) in [5.74, 6) is 0.751. The predicted molar refractivity (Wildman–Crippen MR) is 56.9 cm³/mol. The first-order chi connectivity index (χ1) is 7.24. The third-order valence-corrected chi connectivity index (χ3v) is 1.99. The van der Waals surface area contributed by atoms with Crippen molar-refractivity contribution < 1.29 is 4.74 Å². The third-order valence-electron chi connectivity index (χ3n) is 1.56. The van der Waals surface area contributed by atoms with Crippen molar-refractivity contribution >= 4 is 15.9 Å². The molecule has 76 valence electrons. The first kappa shape index (κ1) is 9.85. The van der Waals surface area contributed by atoms with E-state index in [0.717, 1.165) is 4.47 Å². The van der Waals surface area contributed by atoms with Gasteiger partial charge >= 0.3 is 0 Å². The molecule has 0 aliphatic rings. The Balaban J connectivity index is 2.26. The lowest BCUT2D eigenvalue weighted by molar-refractivity contribution is 0.458. The maximum absolute atomic E-state index is 10.9. The zero-order valence-corrected chi connectivity index (χ0v) is 9.06. The van der Waals surface area contributed by atoms with Gasteiger partial charge in [-0.2, -0.15) is 0 Å². The largest absolute Gasteiger partial charge is 0.437 e. The van der Waals surface area contributed by atoms with Crippen LogP contribution in [0.4, 0.5) is 0 Å². The molecule has 0 unspecified atom stereocenters. The molecule has 0 bridgehead atoms. The SMILES string of the molecule is O=c1cc(Oc2cncc(Br)c2)nc[nH]1. The van der Waals surface area contributed by atoms with E-state index in [9.17, 15) is 4.79 Å². The quantitative estimate of drug-likeness (QED) is 0.900. The molecule has 0 spiro atoms. The maximum atomic E-state index is 10.9. The van der Waals surface area contributed by atoms with Gasteiger partial charge < -0.3 is 9.72 Å². The molecule has 2 rings (SSSR count). The minimum Gasteiger partial charge on any atom is -0.437 e. The lowest BCUT2D eigenvalue weighted by atomic mass is 10.5. The fraction of sp³-hybridized carbons (Fsp3) is 0. The van der Waals surface area contributed by atoms with Gasteiger partial charge in [0.15, 0.2) is 0 Å². The van der Waals surface area contributed by atoms with E-state index in [0.29, 0.717) is 5.75 Å². The van der Waals surface area contributed by atoms with E-state index in [1.165, 1.54) is 18.6 Å². The summed E-state index contributed by atoms with van der Waals surface area (Å²) in [5.41, 5.74) is -0.261. The highest BCUT2D eigenvalue weighted by molar-refractivity contribution is 9.10. The van der Waals surface area contributed by atoms with E-state index < -0.39 is 0 Å². The number of nitrogens with one attached hydrogen (secondary N) is 1. The van der Waals surface area contributed by atoms with Crippen molar-refractivity contribution in [3.8, 4) is 11.6 Å². The molecule has 0 radical (unpaired) electrons. The molecule has 2 heterocycles. The normalized spacial score (nSPS) is 9.93. The highest BCUT2D eigenvalue weighted by atomic mass is 79.9. The molecule has 0 fully saturated rings. The molecule has 0 aliphatic heterocycles. The molecule has 0 amide bonds. The Morgan fingerprint density at radius 2 is 2.20 bits per heavy atom. The van der Waals surface area contributed by atoms with Crippen molar-refractivity contribution in [3.05, 3.63) is 45.7 Å². The number of hydrogen-bond donors (Lipinski definition) is 1. The van der Waals surface area contributed by atoms with Gasteiger partial charge in [-0.1, -0.05) is 0 Å². The molecular formula is C9H6BrN3O2. The van der Waals surface area contributed by atoms with Gasteiger partial charge in [0.25, 0.3) is 5.56 Å². The van der Waals surface area contributed by atoms with Gasteiger partial charge in [-0.15, -0.1) is 0 Å². The summed E-state index contributed by atoms with van der Waals surface area (Å²) in [5, 5.41) is 0. The Bertz CT molecular complexity index is 527. The maximum Gasteiger partial charge on any atom is 0.254 e. The second kappa shape index (κ2) is 4.22. The van der Waals surface area contributed by atoms with Crippen LogP contribution < -0.4 is 10.3 Å². The topological polar surface area (TPSA) is 67.9 Å². The van der Waals surface area contributed by atoms with Crippen LogP contribution in [0.15, 0.2) is 40.1 Å². The molecule has 2 aromatic heterocycles. The lowest BCUT2D eigenvalue weighted by Gasteiger charge is -2.02. The van der Waals surface area contributed by atoms with E-state index in [1.54, 1.807) is 12.3 Å². The number of aromatic amines is 1. The molecule has 0 atom stereocenters. The highest BCUT2D eigenvalue weighted by Gasteiger charge is 1.99. The van der Waals surface area contributed by atoms with Crippen LogP contribution in [-0.4, -0.2) is 15.0 Å². The number of rotatable bonds is 2. The van der Waals surface area contributed by atoms with Crippen molar-refractivity contribution in [2.24, 2.45) is 0 Å². The van der Waals surface area contributed by atoms with Crippen LogP contribution in [0.2, 0.25) is 0 Å². The predicted octanol–water partition coefficient (Wildman–Crippen LogP) is 1.72. The van der Waals surface area contributed by atoms with Gasteiger partial charge in [-0.3, -0.25) is 9.78 Å². The minimum absolute atomic E-state index is 0.235. The van der Waals surface area contributed by atoms with Crippen LogP contribution in [0.1, 0.15) is 0 Å². The molecule has 0 saturated carbocycles. The van der Waals surface area contributed by atoms with Crippen LogP contribution in [0.5, 0.6) is 11.6 Å². The van der Waals surface area contributed by atoms with Crippen molar-refractivity contribution in [1.82, 2.24) is 15.0 Å². The monoisotopic (exact) mass is 267 g/mol. The van der Waals surface area contributed by atoms with Crippen LogP contribution in [0.25, 0.3) is 0 Å². The Morgan fingerprint density at radius 1 is 1.33 bits per heavy atom. The Labute approximate surface area is 93.3 Å². The van der Waals surface area contributed by atoms with Gasteiger partial charge in [0, 0.05) is 10.7 Å². The average molecular weight is 268 g/mol. The molecule has 2 aromatic rings. The number of ether oxygens (including phenoxy) is 1. The van der Waals surface area contributed by atoms with Crippen molar-refractivity contribution in [1.29, 1.82) is 0 Å². The minimum atomic E-state index is -0.261. The summed E-state index contributed by atoms with van der Waals surface area (Å²) in [7, 11) is 0. The number of halogens is 1. The number of aromatic nitrogens is 3. The van der Waals surface area contributed by atoms with Gasteiger partial charge in [-0.25, -0.2) is 4.98 Å². The molecule has 0 aromatic carbocycles. The van der Waals surface area contributed by atoms with Gasteiger partial charge in [-0.05, 0) is 22.0 Å². The lowest BCUT2D eigenvalue weighted by Crippen LogP contribution is -2.04. The number of pyridine rings is 1. The zero-order chi connectivity index (χ0) is 10.7. The zero-order valence-electron chi connectivity index (χ0n) is 7.48. The van der Waals surface area contributed by atoms with Crippen molar-refractivity contribution in [3.63, 3.8) is 0 Å². The van der Waals surface area contributed by atoms with Crippen molar-refractivity contribution in [2.75, 3.05) is 0 Å². The van der Waals surface area contributed by atoms with E-state index >= 15 is 0 Å². The van der Waals surface area contributed by atoms with E-state index in [2.05, 4.69) is 30.9 Å². The molecule has 5 nitrogen and oxygen atoms in total.